The Morgan fingerprint density at radius 1 is 1.00 bits per heavy atom. The molecule has 0 bridgehead atoms. The van der Waals surface area contributed by atoms with Crippen molar-refractivity contribution < 1.29 is 13.9 Å². The van der Waals surface area contributed by atoms with Crippen LogP contribution in [0.1, 0.15) is 0 Å². The summed E-state index contributed by atoms with van der Waals surface area (Å²) in [5.74, 6) is -3.23. The first-order chi connectivity index (χ1) is 8.00. The molecule has 0 aromatic heterocycles. The maximum Gasteiger partial charge on any atom is 0.200 e. The second kappa shape index (κ2) is 4.51. The Labute approximate surface area is 106 Å². The Bertz CT molecular complexity index is 541. The van der Waals surface area contributed by atoms with Gasteiger partial charge >= 0.3 is 0 Å². The van der Waals surface area contributed by atoms with Crippen LogP contribution in [0.5, 0.6) is 5.75 Å². The van der Waals surface area contributed by atoms with Gasteiger partial charge in [0.2, 0.25) is 0 Å². The SMILES string of the molecule is Oc1cc(-c2c(Cl)cccc2Cl)cc(F)c1F. The zero-order valence-electron chi connectivity index (χ0n) is 8.35. The molecule has 0 atom stereocenters. The minimum atomic E-state index is -1.29. The van der Waals surface area contributed by atoms with Gasteiger partial charge in [0.1, 0.15) is 0 Å². The fourth-order valence-electron chi connectivity index (χ4n) is 1.49. The summed E-state index contributed by atoms with van der Waals surface area (Å²) in [6, 6.07) is 6.78. The zero-order valence-corrected chi connectivity index (χ0v) is 9.86. The molecule has 0 heterocycles. The lowest BCUT2D eigenvalue weighted by Gasteiger charge is -2.08. The molecule has 88 valence electrons. The summed E-state index contributed by atoms with van der Waals surface area (Å²) in [6.45, 7) is 0. The van der Waals surface area contributed by atoms with Crippen molar-refractivity contribution in [1.29, 1.82) is 0 Å². The fraction of sp³-hybridized carbons (Fsp3) is 0. The van der Waals surface area contributed by atoms with Gasteiger partial charge in [0.05, 0.1) is 0 Å². The van der Waals surface area contributed by atoms with E-state index in [4.69, 9.17) is 23.2 Å². The van der Waals surface area contributed by atoms with E-state index in [9.17, 15) is 13.9 Å². The van der Waals surface area contributed by atoms with E-state index in [0.717, 1.165) is 12.1 Å². The maximum absolute atomic E-state index is 13.2. The smallest absolute Gasteiger partial charge is 0.200 e. The molecule has 2 aromatic carbocycles. The van der Waals surface area contributed by atoms with Gasteiger partial charge in [-0.15, -0.1) is 0 Å². The molecule has 2 aromatic rings. The van der Waals surface area contributed by atoms with Crippen molar-refractivity contribution in [2.24, 2.45) is 0 Å². The van der Waals surface area contributed by atoms with Gasteiger partial charge in [-0.2, -0.15) is 4.39 Å². The minimum absolute atomic E-state index is 0.219. The molecule has 0 fully saturated rings. The summed E-state index contributed by atoms with van der Waals surface area (Å²) in [4.78, 5) is 0. The number of hydrogen-bond acceptors (Lipinski definition) is 1. The molecule has 17 heavy (non-hydrogen) atoms. The van der Waals surface area contributed by atoms with Crippen LogP contribution in [0.2, 0.25) is 10.0 Å². The highest BCUT2D eigenvalue weighted by Gasteiger charge is 2.14. The topological polar surface area (TPSA) is 20.2 Å². The van der Waals surface area contributed by atoms with Gasteiger partial charge in [-0.25, -0.2) is 4.39 Å². The van der Waals surface area contributed by atoms with Gasteiger partial charge in [-0.3, -0.25) is 0 Å². The monoisotopic (exact) mass is 274 g/mol. The van der Waals surface area contributed by atoms with E-state index in [1.54, 1.807) is 18.2 Å². The van der Waals surface area contributed by atoms with Gasteiger partial charge < -0.3 is 5.11 Å². The molecule has 1 N–H and O–H groups in total. The van der Waals surface area contributed by atoms with E-state index in [1.807, 2.05) is 0 Å². The molecular weight excluding hydrogens is 269 g/mol. The van der Waals surface area contributed by atoms with Crippen molar-refractivity contribution in [2.75, 3.05) is 0 Å². The van der Waals surface area contributed by atoms with Crippen molar-refractivity contribution in [3.63, 3.8) is 0 Å². The van der Waals surface area contributed by atoms with Gasteiger partial charge in [-0.05, 0) is 29.8 Å². The van der Waals surface area contributed by atoms with E-state index in [0.29, 0.717) is 15.6 Å². The van der Waals surface area contributed by atoms with E-state index in [-0.39, 0.29) is 5.56 Å². The minimum Gasteiger partial charge on any atom is -0.505 e. The van der Waals surface area contributed by atoms with Crippen LogP contribution in [-0.2, 0) is 0 Å². The van der Waals surface area contributed by atoms with E-state index in [2.05, 4.69) is 0 Å². The predicted octanol–water partition coefficient (Wildman–Crippen LogP) is 4.64. The average Bonchev–Trinajstić information content (AvgIpc) is 2.25. The predicted molar refractivity (Wildman–Crippen MR) is 63.5 cm³/mol. The lowest BCUT2D eigenvalue weighted by atomic mass is 10.0. The van der Waals surface area contributed by atoms with Crippen LogP contribution in [-0.4, -0.2) is 5.11 Å². The Hall–Kier alpha value is -1.32. The van der Waals surface area contributed by atoms with Gasteiger partial charge in [0.25, 0.3) is 0 Å². The van der Waals surface area contributed by atoms with Crippen LogP contribution < -0.4 is 0 Å². The van der Waals surface area contributed by atoms with Crippen molar-refractivity contribution in [3.8, 4) is 16.9 Å². The first-order valence-corrected chi connectivity index (χ1v) is 5.38. The van der Waals surface area contributed by atoms with Gasteiger partial charge in [0.15, 0.2) is 17.4 Å². The first-order valence-electron chi connectivity index (χ1n) is 4.63. The Morgan fingerprint density at radius 2 is 1.59 bits per heavy atom. The number of aromatic hydroxyl groups is 1. The molecule has 0 saturated carbocycles. The molecule has 0 unspecified atom stereocenters. The number of phenolic OH excluding ortho intramolecular Hbond substituents is 1. The lowest BCUT2D eigenvalue weighted by Crippen LogP contribution is -1.88. The molecule has 0 saturated heterocycles. The largest absolute Gasteiger partial charge is 0.505 e. The molecule has 0 aliphatic rings. The molecule has 2 rings (SSSR count). The molecule has 5 heteroatoms. The highest BCUT2D eigenvalue weighted by molar-refractivity contribution is 6.39. The molecule has 0 spiro atoms. The van der Waals surface area contributed by atoms with E-state index in [1.165, 1.54) is 0 Å². The van der Waals surface area contributed by atoms with Crippen LogP contribution in [0.15, 0.2) is 30.3 Å². The molecule has 0 amide bonds. The first kappa shape index (κ1) is 12.1. The zero-order chi connectivity index (χ0) is 12.6. The number of phenols is 1. The molecule has 0 aliphatic heterocycles. The lowest BCUT2D eigenvalue weighted by molar-refractivity contribution is 0.407. The molecule has 0 aliphatic carbocycles. The maximum atomic E-state index is 13.2. The third-order valence-electron chi connectivity index (χ3n) is 2.26. The van der Waals surface area contributed by atoms with Crippen LogP contribution in [0.3, 0.4) is 0 Å². The van der Waals surface area contributed by atoms with E-state index < -0.39 is 17.4 Å². The highest BCUT2D eigenvalue weighted by atomic mass is 35.5. The van der Waals surface area contributed by atoms with Crippen molar-refractivity contribution in [1.82, 2.24) is 0 Å². The number of rotatable bonds is 1. The van der Waals surface area contributed by atoms with Crippen LogP contribution in [0, 0.1) is 11.6 Å². The fourth-order valence-corrected chi connectivity index (χ4v) is 2.11. The third-order valence-corrected chi connectivity index (χ3v) is 2.89. The highest BCUT2D eigenvalue weighted by Crippen LogP contribution is 2.37. The average molecular weight is 275 g/mol. The summed E-state index contributed by atoms with van der Waals surface area (Å²) < 4.78 is 26.1. The van der Waals surface area contributed by atoms with E-state index >= 15 is 0 Å². The summed E-state index contributed by atoms with van der Waals surface area (Å²) in [5.41, 5.74) is 0.571. The quantitative estimate of drug-likeness (QED) is 0.803. The van der Waals surface area contributed by atoms with Crippen LogP contribution in [0.25, 0.3) is 11.1 Å². The Morgan fingerprint density at radius 3 is 2.12 bits per heavy atom. The molecule has 1 nitrogen and oxygen atoms in total. The summed E-state index contributed by atoms with van der Waals surface area (Å²) >= 11 is 11.9. The normalized spacial score (nSPS) is 10.6. The second-order valence-corrected chi connectivity index (χ2v) is 4.20. The van der Waals surface area contributed by atoms with Crippen LogP contribution in [0.4, 0.5) is 8.78 Å². The number of benzene rings is 2. The third kappa shape index (κ3) is 2.21. The van der Waals surface area contributed by atoms with Crippen LogP contribution >= 0.6 is 23.2 Å². The standard InChI is InChI=1S/C12H6Cl2F2O/c13-7-2-1-3-8(14)11(7)6-4-9(15)12(16)10(17)5-6/h1-5,17H. The Balaban J connectivity index is 2.69. The second-order valence-electron chi connectivity index (χ2n) is 3.39. The molecular formula is C12H6Cl2F2O. The summed E-state index contributed by atoms with van der Waals surface area (Å²) in [6.07, 6.45) is 0. The van der Waals surface area contributed by atoms with Crippen molar-refractivity contribution in [2.45, 2.75) is 0 Å². The summed E-state index contributed by atoms with van der Waals surface area (Å²) in [7, 11) is 0. The Kier molecular flexibility index (Phi) is 3.22. The molecule has 0 radical (unpaired) electrons. The van der Waals surface area contributed by atoms with Crippen molar-refractivity contribution >= 4 is 23.2 Å². The number of halogens is 4. The van der Waals surface area contributed by atoms with Gasteiger partial charge in [-0.1, -0.05) is 29.3 Å². The summed E-state index contributed by atoms with van der Waals surface area (Å²) in [5, 5.41) is 9.81. The van der Waals surface area contributed by atoms with Crippen molar-refractivity contribution in [3.05, 3.63) is 52.0 Å². The van der Waals surface area contributed by atoms with Gasteiger partial charge in [0, 0.05) is 15.6 Å². The number of hydrogen-bond donors (Lipinski definition) is 1.